The fraction of sp³-hybridized carbons (Fsp3) is 0.333. The Morgan fingerprint density at radius 2 is 2.00 bits per heavy atom. The van der Waals surface area contributed by atoms with E-state index in [0.29, 0.717) is 0 Å². The number of carbonyl (C=O) groups is 1. The lowest BCUT2D eigenvalue weighted by molar-refractivity contribution is -0.275. The largest absolute Gasteiger partial charge is 0.573 e. The molecule has 3 nitrogen and oxygen atoms in total. The molecule has 0 aromatic carbocycles. The van der Waals surface area contributed by atoms with E-state index in [1.165, 1.54) is 0 Å². The standard InChI is InChI=1S/C9H6F5NO2/c1-4-2-15-5(3-16)7(6(4)8(10)11)17-9(12,13)14/h2-3,8H,1H3. The molecule has 0 atom stereocenters. The van der Waals surface area contributed by atoms with Gasteiger partial charge in [-0.2, -0.15) is 0 Å². The van der Waals surface area contributed by atoms with Gasteiger partial charge in [0.15, 0.2) is 12.0 Å². The van der Waals surface area contributed by atoms with E-state index in [9.17, 15) is 26.7 Å². The second kappa shape index (κ2) is 4.64. The lowest BCUT2D eigenvalue weighted by Crippen LogP contribution is -2.20. The van der Waals surface area contributed by atoms with Crippen LogP contribution < -0.4 is 4.74 Å². The van der Waals surface area contributed by atoms with E-state index in [4.69, 9.17) is 0 Å². The SMILES string of the molecule is Cc1cnc(C=O)c(OC(F)(F)F)c1C(F)F. The molecule has 0 saturated heterocycles. The summed E-state index contributed by atoms with van der Waals surface area (Å²) < 4.78 is 64.7. The molecule has 1 aromatic rings. The van der Waals surface area contributed by atoms with E-state index >= 15 is 0 Å². The smallest absolute Gasteiger partial charge is 0.403 e. The highest BCUT2D eigenvalue weighted by atomic mass is 19.4. The number of alkyl halides is 5. The van der Waals surface area contributed by atoms with Crippen LogP contribution in [0.15, 0.2) is 6.20 Å². The van der Waals surface area contributed by atoms with Gasteiger partial charge in [0, 0.05) is 6.20 Å². The number of pyridine rings is 1. The van der Waals surface area contributed by atoms with Crippen molar-refractivity contribution < 1.29 is 31.5 Å². The van der Waals surface area contributed by atoms with Crippen molar-refractivity contribution in [2.24, 2.45) is 0 Å². The highest BCUT2D eigenvalue weighted by molar-refractivity contribution is 5.77. The van der Waals surface area contributed by atoms with Crippen molar-refractivity contribution in [3.63, 3.8) is 0 Å². The molecule has 0 amide bonds. The maximum atomic E-state index is 12.6. The van der Waals surface area contributed by atoms with E-state index in [2.05, 4.69) is 9.72 Å². The molecule has 0 N–H and O–H groups in total. The predicted molar refractivity (Wildman–Crippen MR) is 46.0 cm³/mol. The first-order valence-electron chi connectivity index (χ1n) is 4.25. The Bertz CT molecular complexity index is 430. The molecule has 0 radical (unpaired) electrons. The first-order chi connectivity index (χ1) is 7.76. The molecule has 0 aliphatic heterocycles. The fourth-order valence-corrected chi connectivity index (χ4v) is 1.19. The summed E-state index contributed by atoms with van der Waals surface area (Å²) >= 11 is 0. The van der Waals surface area contributed by atoms with E-state index in [-0.39, 0.29) is 11.8 Å². The number of carbonyl (C=O) groups excluding carboxylic acids is 1. The molecule has 0 fully saturated rings. The highest BCUT2D eigenvalue weighted by Crippen LogP contribution is 2.36. The van der Waals surface area contributed by atoms with Crippen LogP contribution in [0, 0.1) is 6.92 Å². The Kier molecular flexibility index (Phi) is 3.64. The third kappa shape index (κ3) is 3.11. The van der Waals surface area contributed by atoms with Crippen molar-refractivity contribution >= 4 is 6.29 Å². The van der Waals surface area contributed by atoms with Gasteiger partial charge in [-0.25, -0.2) is 13.8 Å². The van der Waals surface area contributed by atoms with Crippen molar-refractivity contribution in [3.8, 4) is 5.75 Å². The van der Waals surface area contributed by atoms with Gasteiger partial charge in [-0.3, -0.25) is 4.79 Å². The Hall–Kier alpha value is -1.73. The Labute approximate surface area is 92.2 Å². The van der Waals surface area contributed by atoms with Gasteiger partial charge in [0.1, 0.15) is 5.69 Å². The summed E-state index contributed by atoms with van der Waals surface area (Å²) in [4.78, 5) is 13.7. The van der Waals surface area contributed by atoms with Crippen LogP contribution in [0.1, 0.15) is 28.0 Å². The molecule has 0 aliphatic carbocycles. The minimum absolute atomic E-state index is 0.0770. The van der Waals surface area contributed by atoms with Gasteiger partial charge in [0.25, 0.3) is 6.43 Å². The van der Waals surface area contributed by atoms with Gasteiger partial charge in [-0.15, -0.1) is 13.2 Å². The predicted octanol–water partition coefficient (Wildman–Crippen LogP) is 3.04. The summed E-state index contributed by atoms with van der Waals surface area (Å²) in [5.74, 6) is -1.25. The summed E-state index contributed by atoms with van der Waals surface area (Å²) in [5, 5.41) is 0. The summed E-state index contributed by atoms with van der Waals surface area (Å²) in [7, 11) is 0. The Morgan fingerprint density at radius 1 is 1.41 bits per heavy atom. The first kappa shape index (κ1) is 13.3. The second-order valence-corrected chi connectivity index (χ2v) is 3.04. The van der Waals surface area contributed by atoms with Crippen molar-refractivity contribution in [1.29, 1.82) is 0 Å². The third-order valence-electron chi connectivity index (χ3n) is 1.85. The molecule has 1 rings (SSSR count). The van der Waals surface area contributed by atoms with E-state index in [0.717, 1.165) is 13.1 Å². The molecule has 8 heteroatoms. The van der Waals surface area contributed by atoms with Crippen molar-refractivity contribution in [2.75, 3.05) is 0 Å². The van der Waals surface area contributed by atoms with Crippen LogP contribution >= 0.6 is 0 Å². The second-order valence-electron chi connectivity index (χ2n) is 3.04. The third-order valence-corrected chi connectivity index (χ3v) is 1.85. The number of rotatable bonds is 3. The van der Waals surface area contributed by atoms with Crippen molar-refractivity contribution in [1.82, 2.24) is 4.98 Å². The van der Waals surface area contributed by atoms with Gasteiger partial charge >= 0.3 is 6.36 Å². The number of aromatic nitrogens is 1. The highest BCUT2D eigenvalue weighted by Gasteiger charge is 2.35. The average Bonchev–Trinajstić information content (AvgIpc) is 2.15. The Morgan fingerprint density at radius 3 is 2.41 bits per heavy atom. The monoisotopic (exact) mass is 255 g/mol. The molecule has 0 saturated carbocycles. The maximum Gasteiger partial charge on any atom is 0.573 e. The normalized spacial score (nSPS) is 11.7. The number of hydrogen-bond donors (Lipinski definition) is 0. The van der Waals surface area contributed by atoms with Gasteiger partial charge in [-0.05, 0) is 12.5 Å². The molecule has 0 aliphatic rings. The molecule has 17 heavy (non-hydrogen) atoms. The number of aldehydes is 1. The lowest BCUT2D eigenvalue weighted by Gasteiger charge is -2.15. The van der Waals surface area contributed by atoms with Crippen LogP contribution in [0.4, 0.5) is 22.0 Å². The van der Waals surface area contributed by atoms with E-state index in [1.807, 2.05) is 0 Å². The number of aryl methyl sites for hydroxylation is 1. The van der Waals surface area contributed by atoms with Crippen LogP contribution in [-0.4, -0.2) is 17.6 Å². The Balaban J connectivity index is 3.40. The minimum atomic E-state index is -5.17. The minimum Gasteiger partial charge on any atom is -0.403 e. The zero-order valence-corrected chi connectivity index (χ0v) is 8.39. The fourth-order valence-electron chi connectivity index (χ4n) is 1.19. The lowest BCUT2D eigenvalue weighted by atomic mass is 10.1. The van der Waals surface area contributed by atoms with Gasteiger partial charge < -0.3 is 4.74 Å². The van der Waals surface area contributed by atoms with Gasteiger partial charge in [0.05, 0.1) is 5.56 Å². The molecule has 94 valence electrons. The number of hydrogen-bond acceptors (Lipinski definition) is 3. The molecule has 0 spiro atoms. The average molecular weight is 255 g/mol. The number of ether oxygens (including phenoxy) is 1. The topological polar surface area (TPSA) is 39.2 Å². The van der Waals surface area contributed by atoms with Crippen LogP contribution in [-0.2, 0) is 0 Å². The molecular formula is C9H6F5NO2. The molecule has 0 unspecified atom stereocenters. The van der Waals surface area contributed by atoms with Crippen LogP contribution in [0.2, 0.25) is 0 Å². The first-order valence-corrected chi connectivity index (χ1v) is 4.25. The summed E-state index contributed by atoms with van der Waals surface area (Å²) in [6.45, 7) is 1.15. The van der Waals surface area contributed by atoms with Crippen LogP contribution in [0.3, 0.4) is 0 Å². The number of halogens is 5. The van der Waals surface area contributed by atoms with E-state index < -0.39 is 29.8 Å². The van der Waals surface area contributed by atoms with Crippen LogP contribution in [0.25, 0.3) is 0 Å². The van der Waals surface area contributed by atoms with Crippen molar-refractivity contribution in [2.45, 2.75) is 19.7 Å². The molecular weight excluding hydrogens is 249 g/mol. The quantitative estimate of drug-likeness (QED) is 0.615. The summed E-state index contributed by atoms with van der Waals surface area (Å²) in [6.07, 6.45) is -7.56. The van der Waals surface area contributed by atoms with Gasteiger partial charge in [0.2, 0.25) is 0 Å². The zero-order valence-electron chi connectivity index (χ0n) is 8.39. The van der Waals surface area contributed by atoms with Crippen molar-refractivity contribution in [3.05, 3.63) is 23.0 Å². The molecule has 1 aromatic heterocycles. The summed E-state index contributed by atoms with van der Waals surface area (Å²) in [6, 6.07) is 0. The number of nitrogens with zero attached hydrogens (tertiary/aromatic N) is 1. The molecule has 1 heterocycles. The molecule has 0 bridgehead atoms. The van der Waals surface area contributed by atoms with E-state index in [1.54, 1.807) is 0 Å². The van der Waals surface area contributed by atoms with Crippen LogP contribution in [0.5, 0.6) is 5.75 Å². The maximum absolute atomic E-state index is 12.6. The zero-order chi connectivity index (χ0) is 13.2. The summed E-state index contributed by atoms with van der Waals surface area (Å²) in [5.41, 5.74) is -1.99. The van der Waals surface area contributed by atoms with Gasteiger partial charge in [-0.1, -0.05) is 0 Å².